The van der Waals surface area contributed by atoms with Gasteiger partial charge in [-0.1, -0.05) is 74.5 Å². The minimum Gasteiger partial charge on any atom is -0.461 e. The van der Waals surface area contributed by atoms with Gasteiger partial charge in [-0.3, -0.25) is 9.69 Å². The molecule has 2 aromatic rings. The van der Waals surface area contributed by atoms with E-state index in [4.69, 9.17) is 4.74 Å². The quantitative estimate of drug-likeness (QED) is 0.453. The monoisotopic (exact) mass is 499 g/mol. The van der Waals surface area contributed by atoms with Gasteiger partial charge in [0.05, 0.1) is 5.75 Å². The Hall–Kier alpha value is -2.18. The maximum absolute atomic E-state index is 14.1. The summed E-state index contributed by atoms with van der Waals surface area (Å²) in [7, 11) is -1.84. The van der Waals surface area contributed by atoms with Gasteiger partial charge in [-0.15, -0.1) is 0 Å². The van der Waals surface area contributed by atoms with E-state index in [1.54, 1.807) is 12.1 Å². The van der Waals surface area contributed by atoms with Crippen LogP contribution in [0.5, 0.6) is 0 Å². The number of likely N-dealkylation sites (tertiary alicyclic amines) is 1. The maximum Gasteiger partial charge on any atom is 0.328 e. The first-order valence-corrected chi connectivity index (χ1v) is 14.1. The van der Waals surface area contributed by atoms with Crippen LogP contribution >= 0.6 is 0 Å². The molecule has 1 atom stereocenters. The predicted molar refractivity (Wildman–Crippen MR) is 142 cm³/mol. The lowest BCUT2D eigenvalue weighted by atomic mass is 9.78. The predicted octanol–water partition coefficient (Wildman–Crippen LogP) is 5.43. The summed E-state index contributed by atoms with van der Waals surface area (Å²) in [5, 5.41) is 0. The summed E-state index contributed by atoms with van der Waals surface area (Å²) in [6.45, 7) is 12.2. The van der Waals surface area contributed by atoms with Gasteiger partial charge in [-0.25, -0.2) is 8.42 Å². The SMILES string of the molecule is CC(C)C(Cc1ccccc1)(C(=O)OC1CC(C)(C)N(C)C(C)(C)C1)S(=O)(=O)Cc1ccccc1. The molecule has 0 spiro atoms. The summed E-state index contributed by atoms with van der Waals surface area (Å²) in [5.74, 6) is -1.32. The molecule has 192 valence electrons. The topological polar surface area (TPSA) is 63.7 Å². The molecular weight excluding hydrogens is 458 g/mol. The number of rotatable bonds is 8. The molecule has 2 aromatic carbocycles. The molecule has 0 saturated carbocycles. The van der Waals surface area contributed by atoms with Crippen molar-refractivity contribution in [3.8, 4) is 0 Å². The Balaban J connectivity index is 2.04. The van der Waals surface area contributed by atoms with Gasteiger partial charge < -0.3 is 4.74 Å². The van der Waals surface area contributed by atoms with Crippen molar-refractivity contribution < 1.29 is 17.9 Å². The lowest BCUT2D eigenvalue weighted by molar-refractivity contribution is -0.163. The third kappa shape index (κ3) is 5.64. The van der Waals surface area contributed by atoms with E-state index in [0.717, 1.165) is 5.56 Å². The molecule has 1 unspecified atom stereocenters. The molecular formula is C29H41NO4S. The van der Waals surface area contributed by atoms with E-state index in [9.17, 15) is 13.2 Å². The molecule has 1 fully saturated rings. The maximum atomic E-state index is 14.1. The van der Waals surface area contributed by atoms with E-state index in [-0.39, 0.29) is 29.4 Å². The number of hydrogen-bond acceptors (Lipinski definition) is 5. The van der Waals surface area contributed by atoms with Gasteiger partial charge in [0.25, 0.3) is 0 Å². The van der Waals surface area contributed by atoms with Crippen molar-refractivity contribution in [2.24, 2.45) is 5.92 Å². The van der Waals surface area contributed by atoms with E-state index in [0.29, 0.717) is 18.4 Å². The van der Waals surface area contributed by atoms with Crippen LogP contribution in [0.4, 0.5) is 0 Å². The number of carbonyl (C=O) groups excluding carboxylic acids is 1. The molecule has 0 aromatic heterocycles. The molecule has 1 saturated heterocycles. The fraction of sp³-hybridized carbons (Fsp3) is 0.552. The third-order valence-electron chi connectivity index (χ3n) is 7.89. The molecule has 1 heterocycles. The highest BCUT2D eigenvalue weighted by Gasteiger charge is 2.55. The van der Waals surface area contributed by atoms with Gasteiger partial charge >= 0.3 is 5.97 Å². The van der Waals surface area contributed by atoms with Gasteiger partial charge in [-0.05, 0) is 51.8 Å². The third-order valence-corrected chi connectivity index (χ3v) is 10.5. The fourth-order valence-electron chi connectivity index (χ4n) is 5.54. The molecule has 0 amide bonds. The second kappa shape index (κ2) is 10.1. The molecule has 0 radical (unpaired) electrons. The summed E-state index contributed by atoms with van der Waals surface area (Å²) in [4.78, 5) is 16.4. The minimum atomic E-state index is -3.94. The van der Waals surface area contributed by atoms with Crippen LogP contribution in [0.3, 0.4) is 0 Å². The summed E-state index contributed by atoms with van der Waals surface area (Å²) in [6.07, 6.45) is 1.02. The van der Waals surface area contributed by atoms with Crippen LogP contribution in [0.2, 0.25) is 0 Å². The van der Waals surface area contributed by atoms with Crippen LogP contribution in [0, 0.1) is 5.92 Å². The molecule has 0 bridgehead atoms. The zero-order valence-electron chi connectivity index (χ0n) is 22.2. The van der Waals surface area contributed by atoms with Crippen molar-refractivity contribution in [3.63, 3.8) is 0 Å². The molecule has 1 aliphatic rings. The van der Waals surface area contributed by atoms with Crippen LogP contribution in [0.1, 0.15) is 65.5 Å². The van der Waals surface area contributed by atoms with E-state index in [1.807, 2.05) is 62.4 Å². The van der Waals surface area contributed by atoms with Crippen molar-refractivity contribution in [2.45, 2.75) is 88.5 Å². The number of ether oxygens (including phenoxy) is 1. The highest BCUT2D eigenvalue weighted by molar-refractivity contribution is 7.92. The van der Waals surface area contributed by atoms with Crippen molar-refractivity contribution in [1.29, 1.82) is 0 Å². The zero-order chi connectivity index (χ0) is 26.1. The molecule has 0 aliphatic carbocycles. The Morgan fingerprint density at radius 2 is 1.40 bits per heavy atom. The number of benzene rings is 2. The Labute approximate surface area is 211 Å². The summed E-state index contributed by atoms with van der Waals surface area (Å²) < 4.78 is 32.8. The number of piperidine rings is 1. The van der Waals surface area contributed by atoms with Crippen LogP contribution < -0.4 is 0 Å². The molecule has 1 aliphatic heterocycles. The molecule has 35 heavy (non-hydrogen) atoms. The lowest BCUT2D eigenvalue weighted by Crippen LogP contribution is -2.61. The van der Waals surface area contributed by atoms with Gasteiger partial charge in [0, 0.05) is 30.3 Å². The smallest absolute Gasteiger partial charge is 0.328 e. The molecule has 6 heteroatoms. The Kier molecular flexibility index (Phi) is 7.88. The van der Waals surface area contributed by atoms with Gasteiger partial charge in [-0.2, -0.15) is 0 Å². The molecule has 5 nitrogen and oxygen atoms in total. The van der Waals surface area contributed by atoms with E-state index < -0.39 is 26.5 Å². The highest BCUT2D eigenvalue weighted by Crippen LogP contribution is 2.41. The first-order chi connectivity index (χ1) is 16.2. The summed E-state index contributed by atoms with van der Waals surface area (Å²) in [5.41, 5.74) is 1.10. The normalized spacial score (nSPS) is 20.3. The van der Waals surface area contributed by atoms with Crippen LogP contribution in [0.25, 0.3) is 0 Å². The summed E-state index contributed by atoms with van der Waals surface area (Å²) >= 11 is 0. The van der Waals surface area contributed by atoms with E-state index >= 15 is 0 Å². The van der Waals surface area contributed by atoms with Crippen LogP contribution in [-0.2, 0) is 31.5 Å². The number of nitrogens with zero attached hydrogens (tertiary/aromatic N) is 1. The second-order valence-electron chi connectivity index (χ2n) is 11.6. The number of esters is 1. The van der Waals surface area contributed by atoms with Crippen LogP contribution in [-0.4, -0.2) is 48.3 Å². The largest absolute Gasteiger partial charge is 0.461 e. The van der Waals surface area contributed by atoms with Gasteiger partial charge in [0.2, 0.25) is 0 Å². The zero-order valence-corrected chi connectivity index (χ0v) is 23.1. The first-order valence-electron chi connectivity index (χ1n) is 12.5. The van der Waals surface area contributed by atoms with E-state index in [1.165, 1.54) is 0 Å². The fourth-order valence-corrected chi connectivity index (χ4v) is 7.84. The van der Waals surface area contributed by atoms with Crippen LogP contribution in [0.15, 0.2) is 60.7 Å². The number of carbonyl (C=O) groups is 1. The molecule has 3 rings (SSSR count). The highest BCUT2D eigenvalue weighted by atomic mass is 32.2. The Morgan fingerprint density at radius 3 is 1.86 bits per heavy atom. The standard InChI is InChI=1S/C29H41NO4S/c1-22(2)29(18-23-14-10-8-11-15-23,35(32,33)21-24-16-12-9-13-17-24)26(31)34-25-19-27(3,4)30(7)28(5,6)20-25/h8-17,22,25H,18-21H2,1-7H3. The second-order valence-corrected chi connectivity index (χ2v) is 13.8. The van der Waals surface area contributed by atoms with Crippen molar-refractivity contribution in [1.82, 2.24) is 4.90 Å². The average Bonchev–Trinajstić information content (AvgIpc) is 2.76. The van der Waals surface area contributed by atoms with Gasteiger partial charge in [0.1, 0.15) is 6.10 Å². The molecule has 0 N–H and O–H groups in total. The minimum absolute atomic E-state index is 0.0823. The Morgan fingerprint density at radius 1 is 0.943 bits per heavy atom. The first kappa shape index (κ1) is 27.4. The summed E-state index contributed by atoms with van der Waals surface area (Å²) in [6, 6.07) is 18.5. The van der Waals surface area contributed by atoms with Crippen molar-refractivity contribution in [2.75, 3.05) is 7.05 Å². The van der Waals surface area contributed by atoms with E-state index in [2.05, 4.69) is 39.6 Å². The number of hydrogen-bond donors (Lipinski definition) is 0. The average molecular weight is 500 g/mol. The Bertz CT molecular complexity index is 1090. The number of sulfone groups is 1. The lowest BCUT2D eigenvalue weighted by Gasteiger charge is -2.53. The van der Waals surface area contributed by atoms with Crippen molar-refractivity contribution in [3.05, 3.63) is 71.8 Å². The van der Waals surface area contributed by atoms with Gasteiger partial charge in [0.15, 0.2) is 14.6 Å². The van der Waals surface area contributed by atoms with Crippen molar-refractivity contribution >= 4 is 15.8 Å².